The molecule has 0 unspecified atom stereocenters. The molecule has 0 aromatic rings. The maximum atomic E-state index is 13.2. The number of hydrogen-bond donors (Lipinski definition) is 6. The van der Waals surface area contributed by atoms with E-state index in [4.69, 9.17) is 17.2 Å². The van der Waals surface area contributed by atoms with E-state index in [2.05, 4.69) is 10.6 Å². The van der Waals surface area contributed by atoms with Crippen molar-refractivity contribution in [2.75, 3.05) is 13.1 Å². The number of aliphatic hydroxyl groups is 1. The summed E-state index contributed by atoms with van der Waals surface area (Å²) in [6, 6.07) is -3.98. The molecule has 1 fully saturated rings. The number of carbonyl (C=O) groups excluding carboxylic acids is 5. The van der Waals surface area contributed by atoms with Gasteiger partial charge in [0.05, 0.1) is 12.1 Å². The van der Waals surface area contributed by atoms with Crippen LogP contribution in [0.2, 0.25) is 0 Å². The molecule has 1 saturated heterocycles. The summed E-state index contributed by atoms with van der Waals surface area (Å²) >= 11 is 0. The van der Waals surface area contributed by atoms with Crippen molar-refractivity contribution in [1.82, 2.24) is 15.5 Å². The van der Waals surface area contributed by atoms with Crippen molar-refractivity contribution >= 4 is 29.9 Å². The summed E-state index contributed by atoms with van der Waals surface area (Å²) in [7, 11) is 0. The predicted octanol–water partition coefficient (Wildman–Crippen LogP) is -2.84. The van der Waals surface area contributed by atoms with Crippen LogP contribution in [0.4, 0.5) is 0 Å². The lowest BCUT2D eigenvalue weighted by atomic mass is 10.1. The lowest BCUT2D eigenvalue weighted by Crippen LogP contribution is -2.57. The summed E-state index contributed by atoms with van der Waals surface area (Å²) in [5.41, 5.74) is 16.3. The van der Waals surface area contributed by atoms with Gasteiger partial charge in [-0.05, 0) is 52.0 Å². The maximum Gasteiger partial charge on any atom is 0.245 e. The Hall–Kier alpha value is -2.57. The second-order valence-electron chi connectivity index (χ2n) is 7.99. The minimum Gasteiger partial charge on any atom is -0.391 e. The van der Waals surface area contributed by atoms with Gasteiger partial charge in [-0.2, -0.15) is 0 Å². The largest absolute Gasteiger partial charge is 0.391 e. The van der Waals surface area contributed by atoms with Gasteiger partial charge in [0.2, 0.25) is 29.9 Å². The number of unbranched alkanes of at least 4 members (excludes halogenated alkanes) is 1. The van der Waals surface area contributed by atoms with Crippen LogP contribution in [0.3, 0.4) is 0 Å². The highest BCUT2D eigenvalue weighted by Gasteiger charge is 2.38. The average Bonchev–Trinajstić information content (AvgIpc) is 3.24. The van der Waals surface area contributed by atoms with Crippen LogP contribution in [0.5, 0.6) is 0 Å². The molecule has 0 aliphatic carbocycles. The number of nitrogens with zero attached hydrogens (tertiary/aromatic N) is 1. The number of nitrogens with two attached hydrogens (primary N) is 3. The van der Waals surface area contributed by atoms with Gasteiger partial charge in [-0.25, -0.2) is 0 Å². The van der Waals surface area contributed by atoms with E-state index < -0.39 is 53.9 Å². The Balaban J connectivity index is 2.89. The Labute approximate surface area is 187 Å². The van der Waals surface area contributed by atoms with E-state index in [0.717, 1.165) is 0 Å². The van der Waals surface area contributed by atoms with Crippen LogP contribution in [-0.2, 0) is 24.0 Å². The molecular formula is C20H35N6O6. The first-order valence-electron chi connectivity index (χ1n) is 10.8. The normalized spacial score (nSPS) is 19.5. The zero-order valence-electron chi connectivity index (χ0n) is 18.4. The highest BCUT2D eigenvalue weighted by Crippen LogP contribution is 2.20. The molecule has 0 spiro atoms. The fourth-order valence-corrected chi connectivity index (χ4v) is 3.46. The second kappa shape index (κ2) is 13.8. The van der Waals surface area contributed by atoms with Gasteiger partial charge in [0.15, 0.2) is 0 Å². The van der Waals surface area contributed by atoms with Gasteiger partial charge in [0, 0.05) is 13.0 Å². The summed E-state index contributed by atoms with van der Waals surface area (Å²) in [6.45, 7) is 2.10. The Bertz CT molecular complexity index is 673. The van der Waals surface area contributed by atoms with E-state index in [-0.39, 0.29) is 12.8 Å². The fourth-order valence-electron chi connectivity index (χ4n) is 3.46. The number of rotatable bonds is 14. The molecule has 181 valence electrons. The van der Waals surface area contributed by atoms with E-state index >= 15 is 0 Å². The molecule has 0 aromatic heterocycles. The number of hydrogen-bond acceptors (Lipinski definition) is 8. The summed E-state index contributed by atoms with van der Waals surface area (Å²) in [5.74, 6) is -2.27. The smallest absolute Gasteiger partial charge is 0.245 e. The van der Waals surface area contributed by atoms with Crippen LogP contribution in [-0.4, -0.2) is 83.3 Å². The standard InChI is InChI=1S/C20H35N6O6/c1-12(28)17(23)19(31)25-14(5-2-3-9-21)20(32)26-10-4-6-15(26)18(30)24-13(11-27)7-8-16(22)29/h12-15,17,28H,2-10,21,23H2,1H3,(H2,22,29)(H,24,30)(H,25,31)/t12-,13+,14+,15+,17+/m1/s1. The topological polar surface area (TPSA) is 211 Å². The Kier molecular flexibility index (Phi) is 11.8. The Morgan fingerprint density at radius 1 is 1.19 bits per heavy atom. The molecule has 1 heterocycles. The maximum absolute atomic E-state index is 13.2. The van der Waals surface area contributed by atoms with Crippen molar-refractivity contribution in [1.29, 1.82) is 0 Å². The van der Waals surface area contributed by atoms with Gasteiger partial charge < -0.3 is 37.8 Å². The Morgan fingerprint density at radius 2 is 1.88 bits per heavy atom. The lowest BCUT2D eigenvalue weighted by molar-refractivity contribution is -0.142. The van der Waals surface area contributed by atoms with Crippen LogP contribution < -0.4 is 27.8 Å². The van der Waals surface area contributed by atoms with Crippen molar-refractivity contribution in [3.05, 3.63) is 0 Å². The highest BCUT2D eigenvalue weighted by molar-refractivity contribution is 5.94. The van der Waals surface area contributed by atoms with E-state index in [1.54, 1.807) is 6.29 Å². The number of primary amides is 1. The summed E-state index contributed by atoms with van der Waals surface area (Å²) in [6.07, 6.45) is 2.94. The number of aliphatic hydroxyl groups excluding tert-OH is 1. The van der Waals surface area contributed by atoms with E-state index in [9.17, 15) is 29.1 Å². The molecule has 1 rings (SSSR count). The number of nitrogens with one attached hydrogen (secondary N) is 2. The van der Waals surface area contributed by atoms with Crippen molar-refractivity contribution in [3.63, 3.8) is 0 Å². The van der Waals surface area contributed by atoms with Gasteiger partial charge in [-0.1, -0.05) is 0 Å². The third-order valence-corrected chi connectivity index (χ3v) is 5.36. The molecule has 12 heteroatoms. The molecule has 5 atom stereocenters. The van der Waals surface area contributed by atoms with Gasteiger partial charge in [0.25, 0.3) is 0 Å². The van der Waals surface area contributed by atoms with Crippen molar-refractivity contribution in [2.45, 2.75) is 82.1 Å². The minimum atomic E-state index is -1.20. The van der Waals surface area contributed by atoms with E-state index in [1.165, 1.54) is 11.8 Å². The zero-order chi connectivity index (χ0) is 24.3. The zero-order valence-corrected chi connectivity index (χ0v) is 18.4. The van der Waals surface area contributed by atoms with Gasteiger partial charge in [0.1, 0.15) is 18.1 Å². The third kappa shape index (κ3) is 8.52. The van der Waals surface area contributed by atoms with Gasteiger partial charge >= 0.3 is 0 Å². The molecular weight excluding hydrogens is 420 g/mol. The molecule has 1 aliphatic rings. The van der Waals surface area contributed by atoms with Gasteiger partial charge in [-0.15, -0.1) is 0 Å². The summed E-state index contributed by atoms with van der Waals surface area (Å²) in [4.78, 5) is 61.7. The van der Waals surface area contributed by atoms with Crippen LogP contribution in [0.1, 0.15) is 51.9 Å². The molecule has 12 nitrogen and oxygen atoms in total. The second-order valence-corrected chi connectivity index (χ2v) is 7.99. The highest BCUT2D eigenvalue weighted by atomic mass is 16.3. The van der Waals surface area contributed by atoms with Crippen molar-refractivity contribution in [2.24, 2.45) is 17.2 Å². The van der Waals surface area contributed by atoms with Crippen LogP contribution in [0.25, 0.3) is 0 Å². The van der Waals surface area contributed by atoms with Gasteiger partial charge in [-0.3, -0.25) is 24.0 Å². The summed E-state index contributed by atoms with van der Waals surface area (Å²) < 4.78 is 0. The molecule has 0 bridgehead atoms. The predicted molar refractivity (Wildman–Crippen MR) is 115 cm³/mol. The van der Waals surface area contributed by atoms with Crippen LogP contribution >= 0.6 is 0 Å². The SMILES string of the molecule is C[C@@H](O)[C@H](N)C(=O)N[C@@H](CCCCN)C(=O)N1CCC[C@H]1C(=O)N[C@H]([C]=O)CCC(N)=O. The molecule has 9 N–H and O–H groups in total. The average molecular weight is 456 g/mol. The number of amides is 4. The van der Waals surface area contributed by atoms with Crippen LogP contribution in [0.15, 0.2) is 0 Å². The van der Waals surface area contributed by atoms with E-state index in [1.807, 2.05) is 0 Å². The number of likely N-dealkylation sites (tertiary alicyclic amines) is 1. The quantitative estimate of drug-likeness (QED) is 0.150. The third-order valence-electron chi connectivity index (χ3n) is 5.36. The molecule has 1 aliphatic heterocycles. The molecule has 4 amide bonds. The van der Waals surface area contributed by atoms with Crippen molar-refractivity contribution in [3.8, 4) is 0 Å². The fraction of sp³-hybridized carbons (Fsp3) is 0.750. The first-order valence-corrected chi connectivity index (χ1v) is 10.8. The van der Waals surface area contributed by atoms with Crippen molar-refractivity contribution < 1.29 is 29.1 Å². The lowest BCUT2D eigenvalue weighted by Gasteiger charge is -2.30. The molecule has 0 saturated carbocycles. The molecule has 1 radical (unpaired) electrons. The Morgan fingerprint density at radius 3 is 2.44 bits per heavy atom. The first-order chi connectivity index (χ1) is 15.1. The number of carbonyl (C=O) groups is 4. The summed E-state index contributed by atoms with van der Waals surface area (Å²) in [5, 5.41) is 14.6. The first kappa shape index (κ1) is 27.5. The van der Waals surface area contributed by atoms with Crippen LogP contribution in [0, 0.1) is 0 Å². The minimum absolute atomic E-state index is 0.0141. The monoisotopic (exact) mass is 455 g/mol. The van der Waals surface area contributed by atoms with E-state index in [0.29, 0.717) is 45.2 Å². The molecule has 0 aromatic carbocycles. The molecule has 32 heavy (non-hydrogen) atoms.